The van der Waals surface area contributed by atoms with Crippen LogP contribution in [-0.2, 0) is 33.0 Å². The lowest BCUT2D eigenvalue weighted by Gasteiger charge is -2.08. The predicted octanol–water partition coefficient (Wildman–Crippen LogP) is 2.76. The molecule has 0 atom stereocenters. The summed E-state index contributed by atoms with van der Waals surface area (Å²) in [5.41, 5.74) is 13.3. The van der Waals surface area contributed by atoms with Crippen LogP contribution >= 0.6 is 0 Å². The molecular formula is C38H44N14O6. The van der Waals surface area contributed by atoms with Crippen molar-refractivity contribution in [1.29, 1.82) is 10.8 Å². The number of benzene rings is 1. The lowest BCUT2D eigenvalue weighted by molar-refractivity contribution is -0.116. The Morgan fingerprint density at radius 3 is 1.47 bits per heavy atom. The number of rotatable bonds is 16. The summed E-state index contributed by atoms with van der Waals surface area (Å²) in [4.78, 5) is 77.4. The Bertz CT molecular complexity index is 2450. The lowest BCUT2D eigenvalue weighted by Crippen LogP contribution is -2.28. The van der Waals surface area contributed by atoms with E-state index in [4.69, 9.17) is 22.3 Å². The molecule has 1 aromatic carbocycles. The number of aromatic nitrogens is 4. The van der Waals surface area contributed by atoms with Crippen LogP contribution in [0.5, 0.6) is 0 Å². The molecule has 5 aromatic rings. The molecule has 4 heterocycles. The first-order valence-electron chi connectivity index (χ1n) is 17.7. The normalized spacial score (nSPS) is 10.7. The van der Waals surface area contributed by atoms with Crippen molar-refractivity contribution in [2.24, 2.45) is 39.7 Å². The third-order valence-electron chi connectivity index (χ3n) is 8.70. The van der Waals surface area contributed by atoms with Gasteiger partial charge in [0.2, 0.25) is 5.91 Å². The maximum atomic E-state index is 13.3. The smallest absolute Gasteiger partial charge is 0.272 e. The topological polar surface area (TPSA) is 294 Å². The summed E-state index contributed by atoms with van der Waals surface area (Å²) >= 11 is 0. The first-order valence-corrected chi connectivity index (χ1v) is 17.7. The minimum Gasteiger partial charge on any atom is -0.388 e. The van der Waals surface area contributed by atoms with Gasteiger partial charge in [0.15, 0.2) is 0 Å². The molecule has 0 aliphatic rings. The van der Waals surface area contributed by atoms with Crippen LogP contribution in [0.15, 0.2) is 73.3 Å². The number of amides is 6. The number of aryl methyl sites for hydroxylation is 4. The third kappa shape index (κ3) is 10.4. The standard InChI is InChI=1S/C38H44N14O6/c1-49-19-25(14-27(49)36(56)43-11-10-31(41)42)46-37(57)29-15-24(18-51(29)3)45-34(54)21-6-5-7-22(12-21)35(55)48-32-16-26(20-52(32)4)47-38(58)28-13-23(17-50(28)2)44-33(53)9-8-30(39)40/h5-7,12-20H,8-11H2,1-4H3,(H3,39,40)(H3,41,42)(H,43,56)(H,44,53)(H,45,54)(H,46,57)(H,47,58)(H,48,55). The van der Waals surface area contributed by atoms with Gasteiger partial charge >= 0.3 is 0 Å². The van der Waals surface area contributed by atoms with E-state index in [9.17, 15) is 28.8 Å². The van der Waals surface area contributed by atoms with Crippen LogP contribution in [-0.4, -0.2) is 71.9 Å². The van der Waals surface area contributed by atoms with E-state index in [0.29, 0.717) is 34.3 Å². The number of amidine groups is 2. The molecule has 0 fully saturated rings. The quantitative estimate of drug-likeness (QED) is 0.0522. The average Bonchev–Trinajstić information content (AvgIpc) is 3.91. The highest BCUT2D eigenvalue weighted by Gasteiger charge is 2.20. The van der Waals surface area contributed by atoms with Crippen molar-refractivity contribution < 1.29 is 28.8 Å². The second kappa shape index (κ2) is 17.7. The molecule has 20 nitrogen and oxygen atoms in total. The fourth-order valence-electron chi connectivity index (χ4n) is 5.79. The maximum absolute atomic E-state index is 13.3. The molecule has 0 saturated heterocycles. The van der Waals surface area contributed by atoms with Crippen LogP contribution in [0.2, 0.25) is 0 Å². The van der Waals surface area contributed by atoms with E-state index in [2.05, 4.69) is 31.9 Å². The van der Waals surface area contributed by atoms with Gasteiger partial charge in [-0.15, -0.1) is 0 Å². The molecule has 0 spiro atoms. The van der Waals surface area contributed by atoms with Crippen molar-refractivity contribution in [2.75, 3.05) is 33.1 Å². The van der Waals surface area contributed by atoms with Gasteiger partial charge in [0.25, 0.3) is 29.5 Å². The van der Waals surface area contributed by atoms with Gasteiger partial charge in [-0.3, -0.25) is 39.6 Å². The van der Waals surface area contributed by atoms with E-state index >= 15 is 0 Å². The predicted molar refractivity (Wildman–Crippen MR) is 219 cm³/mol. The SMILES string of the molecule is Cn1cc(NC(=O)c2cc(NC(=O)CCC(=N)N)cn2C)cc1NC(=O)c1cccc(C(=O)Nc2cc(C(=O)Nc3cc(C(=O)NCCC(=N)N)n(C)c3)n(C)c2)c1. The third-order valence-corrected chi connectivity index (χ3v) is 8.70. The molecule has 0 radical (unpaired) electrons. The molecule has 4 aromatic heterocycles. The van der Waals surface area contributed by atoms with E-state index in [1.165, 1.54) is 34.9 Å². The molecule has 6 amide bonds. The first-order chi connectivity index (χ1) is 27.5. The number of hydrogen-bond acceptors (Lipinski definition) is 8. The molecule has 0 bridgehead atoms. The Labute approximate surface area is 331 Å². The number of hydrogen-bond donors (Lipinski definition) is 10. The van der Waals surface area contributed by atoms with E-state index in [1.54, 1.807) is 84.9 Å². The first kappa shape index (κ1) is 41.3. The second-order valence-corrected chi connectivity index (χ2v) is 13.4. The van der Waals surface area contributed by atoms with Gasteiger partial charge in [-0.2, -0.15) is 0 Å². The summed E-state index contributed by atoms with van der Waals surface area (Å²) in [6.07, 6.45) is 6.69. The van der Waals surface area contributed by atoms with Gasteiger partial charge in [-0.1, -0.05) is 6.07 Å². The summed E-state index contributed by atoms with van der Waals surface area (Å²) in [6, 6.07) is 12.1. The highest BCUT2D eigenvalue weighted by atomic mass is 16.2. The zero-order valence-corrected chi connectivity index (χ0v) is 32.1. The monoisotopic (exact) mass is 792 g/mol. The van der Waals surface area contributed by atoms with Crippen molar-refractivity contribution in [1.82, 2.24) is 23.6 Å². The highest BCUT2D eigenvalue weighted by Crippen LogP contribution is 2.22. The Kier molecular flexibility index (Phi) is 12.6. The van der Waals surface area contributed by atoms with Crippen molar-refractivity contribution in [3.63, 3.8) is 0 Å². The molecule has 0 unspecified atom stereocenters. The van der Waals surface area contributed by atoms with Crippen LogP contribution < -0.4 is 43.4 Å². The molecule has 0 aliphatic carbocycles. The Morgan fingerprint density at radius 2 is 0.948 bits per heavy atom. The summed E-state index contributed by atoms with van der Waals surface area (Å²) in [6.45, 7) is 0.197. The van der Waals surface area contributed by atoms with E-state index in [-0.39, 0.29) is 65.9 Å². The van der Waals surface area contributed by atoms with Crippen LogP contribution in [0, 0.1) is 10.8 Å². The van der Waals surface area contributed by atoms with E-state index in [1.807, 2.05) is 0 Å². The van der Waals surface area contributed by atoms with Crippen molar-refractivity contribution in [3.05, 3.63) is 102 Å². The number of nitrogens with zero attached hydrogens (tertiary/aromatic N) is 4. The Hall–Kier alpha value is -7.90. The summed E-state index contributed by atoms with van der Waals surface area (Å²) < 4.78 is 6.23. The molecule has 20 heteroatoms. The highest BCUT2D eigenvalue weighted by molar-refractivity contribution is 6.10. The van der Waals surface area contributed by atoms with Crippen LogP contribution in [0.25, 0.3) is 0 Å². The van der Waals surface area contributed by atoms with Gasteiger partial charge in [0.1, 0.15) is 22.9 Å². The van der Waals surface area contributed by atoms with Crippen molar-refractivity contribution >= 4 is 75.7 Å². The van der Waals surface area contributed by atoms with Gasteiger partial charge in [-0.05, 0) is 36.4 Å². The van der Waals surface area contributed by atoms with E-state index in [0.717, 1.165) is 0 Å². The lowest BCUT2D eigenvalue weighted by atomic mass is 10.1. The molecule has 302 valence electrons. The van der Waals surface area contributed by atoms with E-state index < -0.39 is 29.5 Å². The number of anilines is 5. The molecule has 5 rings (SSSR count). The maximum Gasteiger partial charge on any atom is 0.272 e. The summed E-state index contributed by atoms with van der Waals surface area (Å²) in [7, 11) is 6.61. The summed E-state index contributed by atoms with van der Waals surface area (Å²) in [5.74, 6) is -2.52. The number of nitrogens with one attached hydrogen (secondary N) is 8. The molecule has 58 heavy (non-hydrogen) atoms. The van der Waals surface area contributed by atoms with Gasteiger partial charge < -0.3 is 61.6 Å². The fraction of sp³-hybridized carbons (Fsp3) is 0.211. The van der Waals surface area contributed by atoms with Gasteiger partial charge in [0.05, 0.1) is 34.4 Å². The molecule has 0 aliphatic heterocycles. The van der Waals surface area contributed by atoms with Gasteiger partial charge in [0, 0.05) is 96.0 Å². The van der Waals surface area contributed by atoms with Gasteiger partial charge in [-0.25, -0.2) is 0 Å². The molecular weight excluding hydrogens is 749 g/mol. The average molecular weight is 793 g/mol. The van der Waals surface area contributed by atoms with Crippen LogP contribution in [0.3, 0.4) is 0 Å². The molecule has 0 saturated carbocycles. The number of carbonyl (C=O) groups is 6. The largest absolute Gasteiger partial charge is 0.388 e. The van der Waals surface area contributed by atoms with Crippen molar-refractivity contribution in [3.8, 4) is 0 Å². The molecule has 12 N–H and O–H groups in total. The van der Waals surface area contributed by atoms with Crippen LogP contribution in [0.1, 0.15) is 71.4 Å². The number of nitrogens with two attached hydrogens (primary N) is 2. The minimum absolute atomic E-state index is 0.0349. The Morgan fingerprint density at radius 1 is 0.517 bits per heavy atom. The van der Waals surface area contributed by atoms with Crippen LogP contribution in [0.4, 0.5) is 28.6 Å². The van der Waals surface area contributed by atoms with Crippen molar-refractivity contribution in [2.45, 2.75) is 19.3 Å². The second-order valence-electron chi connectivity index (χ2n) is 13.4. The zero-order valence-electron chi connectivity index (χ0n) is 32.1. The Balaban J connectivity index is 1.17. The number of carbonyl (C=O) groups excluding carboxylic acids is 6. The fourth-order valence-corrected chi connectivity index (χ4v) is 5.79. The zero-order chi connectivity index (χ0) is 42.3. The minimum atomic E-state index is -0.529. The summed E-state index contributed by atoms with van der Waals surface area (Å²) in [5, 5.41) is 31.0.